The number of amides is 1. The molecule has 106 valence electrons. The van der Waals surface area contributed by atoms with E-state index in [1.165, 1.54) is 0 Å². The summed E-state index contributed by atoms with van der Waals surface area (Å²) in [5.41, 5.74) is 0. The van der Waals surface area contributed by atoms with Gasteiger partial charge in [0.2, 0.25) is 5.91 Å². The lowest BCUT2D eigenvalue weighted by molar-refractivity contribution is -0.121. The third-order valence-electron chi connectivity index (χ3n) is 3.38. The predicted molar refractivity (Wildman–Crippen MR) is 77.3 cm³/mol. The molecule has 1 atom stereocenters. The van der Waals surface area contributed by atoms with E-state index in [0.29, 0.717) is 18.1 Å². The molecule has 0 radical (unpaired) electrons. The van der Waals surface area contributed by atoms with Crippen molar-refractivity contribution >= 4 is 17.2 Å². The van der Waals surface area contributed by atoms with E-state index < -0.39 is 6.10 Å². The molecule has 1 unspecified atom stereocenters. The number of hydrogen-bond acceptors (Lipinski definition) is 4. The zero-order chi connectivity index (χ0) is 13.9. The van der Waals surface area contributed by atoms with Gasteiger partial charge in [0.05, 0.1) is 11.4 Å². The van der Waals surface area contributed by atoms with Crippen LogP contribution < -0.4 is 5.32 Å². The molecule has 2 aromatic rings. The molecule has 2 N–H and O–H groups in total. The molecule has 3 rings (SSSR count). The second-order valence-corrected chi connectivity index (χ2v) is 6.09. The molecule has 0 aromatic carbocycles. The van der Waals surface area contributed by atoms with Crippen molar-refractivity contribution in [2.24, 2.45) is 5.92 Å². The van der Waals surface area contributed by atoms with Crippen LogP contribution in [0.3, 0.4) is 0 Å². The first-order valence-corrected chi connectivity index (χ1v) is 7.68. The summed E-state index contributed by atoms with van der Waals surface area (Å²) in [6.45, 7) is 0.197. The van der Waals surface area contributed by atoms with Crippen molar-refractivity contribution in [3.63, 3.8) is 0 Å². The Hall–Kier alpha value is -1.59. The van der Waals surface area contributed by atoms with Crippen LogP contribution in [0.25, 0.3) is 10.6 Å². The van der Waals surface area contributed by atoms with Crippen LogP contribution in [0.1, 0.15) is 31.1 Å². The van der Waals surface area contributed by atoms with E-state index in [9.17, 15) is 9.90 Å². The number of nitrogens with one attached hydrogen (secondary N) is 1. The first-order valence-electron chi connectivity index (χ1n) is 6.81. The second-order valence-electron chi connectivity index (χ2n) is 5.15. The highest BCUT2D eigenvalue weighted by Gasteiger charge is 2.24. The number of rotatable bonds is 6. The molecule has 1 amide bonds. The molecule has 1 fully saturated rings. The van der Waals surface area contributed by atoms with Crippen LogP contribution in [0.2, 0.25) is 0 Å². The average molecular weight is 291 g/mol. The van der Waals surface area contributed by atoms with Crippen molar-refractivity contribution in [1.29, 1.82) is 0 Å². The fourth-order valence-electron chi connectivity index (χ4n) is 2.05. The van der Waals surface area contributed by atoms with Gasteiger partial charge in [-0.15, -0.1) is 11.3 Å². The number of carbonyl (C=O) groups excluding carboxylic acids is 1. The fraction of sp³-hybridized carbons (Fsp3) is 0.400. The van der Waals surface area contributed by atoms with Gasteiger partial charge in [-0.25, -0.2) is 0 Å². The molecule has 0 bridgehead atoms. The zero-order valence-corrected chi connectivity index (χ0v) is 11.9. The summed E-state index contributed by atoms with van der Waals surface area (Å²) in [5.74, 6) is 1.80. The average Bonchev–Trinajstić information content (AvgIpc) is 2.97. The van der Waals surface area contributed by atoms with Gasteiger partial charge in [-0.05, 0) is 42.3 Å². The van der Waals surface area contributed by atoms with Crippen LogP contribution >= 0.6 is 11.3 Å². The summed E-state index contributed by atoms with van der Waals surface area (Å²) in [7, 11) is 0. The summed E-state index contributed by atoms with van der Waals surface area (Å²) in [4.78, 5) is 12.6. The van der Waals surface area contributed by atoms with E-state index in [4.69, 9.17) is 4.42 Å². The normalized spacial score (nSPS) is 16.1. The predicted octanol–water partition coefficient (Wildman–Crippen LogP) is 2.96. The van der Waals surface area contributed by atoms with Gasteiger partial charge in [0.1, 0.15) is 17.6 Å². The maximum absolute atomic E-state index is 11.6. The molecular weight excluding hydrogens is 274 g/mol. The summed E-state index contributed by atoms with van der Waals surface area (Å²) in [6, 6.07) is 7.52. The topological polar surface area (TPSA) is 62.5 Å². The monoisotopic (exact) mass is 291 g/mol. The van der Waals surface area contributed by atoms with Crippen LogP contribution in [0.5, 0.6) is 0 Å². The second kappa shape index (κ2) is 5.81. The molecule has 1 aliphatic carbocycles. The summed E-state index contributed by atoms with van der Waals surface area (Å²) in [5, 5.41) is 14.8. The van der Waals surface area contributed by atoms with E-state index in [2.05, 4.69) is 5.32 Å². The molecule has 0 spiro atoms. The molecule has 1 saturated carbocycles. The lowest BCUT2D eigenvalue weighted by Crippen LogP contribution is -2.28. The van der Waals surface area contributed by atoms with E-state index in [1.54, 1.807) is 17.4 Å². The van der Waals surface area contributed by atoms with Gasteiger partial charge in [-0.2, -0.15) is 0 Å². The molecule has 2 aromatic heterocycles. The van der Waals surface area contributed by atoms with Crippen molar-refractivity contribution in [3.05, 3.63) is 35.4 Å². The van der Waals surface area contributed by atoms with Gasteiger partial charge in [0, 0.05) is 6.42 Å². The van der Waals surface area contributed by atoms with Gasteiger partial charge in [0.15, 0.2) is 0 Å². The van der Waals surface area contributed by atoms with Gasteiger partial charge < -0.3 is 14.8 Å². The molecule has 0 aliphatic heterocycles. The SMILES string of the molecule is O=C(CC1CC1)NCC(O)c1ccc(-c2cccs2)o1. The molecule has 4 nitrogen and oxygen atoms in total. The quantitative estimate of drug-likeness (QED) is 0.860. The zero-order valence-electron chi connectivity index (χ0n) is 11.0. The highest BCUT2D eigenvalue weighted by atomic mass is 32.1. The Morgan fingerprint density at radius 2 is 2.30 bits per heavy atom. The van der Waals surface area contributed by atoms with Crippen molar-refractivity contribution in [2.45, 2.75) is 25.4 Å². The first-order chi connectivity index (χ1) is 9.72. The highest BCUT2D eigenvalue weighted by molar-refractivity contribution is 7.13. The minimum atomic E-state index is -0.799. The summed E-state index contributed by atoms with van der Waals surface area (Å²) in [6.07, 6.45) is 2.08. The molecule has 20 heavy (non-hydrogen) atoms. The standard InChI is InChI=1S/C15H17NO3S/c17-11(9-16-15(18)8-10-3-4-10)12-5-6-13(19-12)14-2-1-7-20-14/h1-2,5-7,10-11,17H,3-4,8-9H2,(H,16,18). The molecular formula is C15H17NO3S. The third-order valence-corrected chi connectivity index (χ3v) is 4.27. The first kappa shape index (κ1) is 13.4. The molecule has 2 heterocycles. The maximum Gasteiger partial charge on any atom is 0.220 e. The summed E-state index contributed by atoms with van der Waals surface area (Å²) < 4.78 is 5.62. The number of furan rings is 1. The Bertz CT molecular complexity index is 572. The van der Waals surface area contributed by atoms with Crippen molar-refractivity contribution in [2.75, 3.05) is 6.54 Å². The fourth-order valence-corrected chi connectivity index (χ4v) is 2.74. The Morgan fingerprint density at radius 1 is 1.45 bits per heavy atom. The van der Waals surface area contributed by atoms with Gasteiger partial charge >= 0.3 is 0 Å². The number of thiophene rings is 1. The van der Waals surface area contributed by atoms with Gasteiger partial charge in [0.25, 0.3) is 0 Å². The Balaban J connectivity index is 1.54. The Morgan fingerprint density at radius 3 is 3.00 bits per heavy atom. The highest BCUT2D eigenvalue weighted by Crippen LogP contribution is 2.32. The van der Waals surface area contributed by atoms with E-state index >= 15 is 0 Å². The smallest absolute Gasteiger partial charge is 0.220 e. The molecule has 0 saturated heterocycles. The van der Waals surface area contributed by atoms with Crippen LogP contribution in [-0.4, -0.2) is 17.6 Å². The van der Waals surface area contributed by atoms with E-state index in [-0.39, 0.29) is 12.5 Å². The van der Waals surface area contributed by atoms with Crippen LogP contribution in [0.4, 0.5) is 0 Å². The van der Waals surface area contributed by atoms with Crippen LogP contribution in [0.15, 0.2) is 34.1 Å². The Kier molecular flexibility index (Phi) is 3.89. The van der Waals surface area contributed by atoms with Crippen LogP contribution in [-0.2, 0) is 4.79 Å². The van der Waals surface area contributed by atoms with Crippen LogP contribution in [0, 0.1) is 5.92 Å². The minimum absolute atomic E-state index is 0.0107. The number of aliphatic hydroxyl groups is 1. The lowest BCUT2D eigenvalue weighted by Gasteiger charge is -2.09. The number of hydrogen-bond donors (Lipinski definition) is 2. The van der Waals surface area contributed by atoms with E-state index in [0.717, 1.165) is 23.5 Å². The lowest BCUT2D eigenvalue weighted by atomic mass is 10.2. The van der Waals surface area contributed by atoms with Crippen molar-refractivity contribution in [3.8, 4) is 10.6 Å². The number of carbonyl (C=O) groups is 1. The van der Waals surface area contributed by atoms with Gasteiger partial charge in [-0.1, -0.05) is 6.07 Å². The van der Waals surface area contributed by atoms with Crippen molar-refractivity contribution < 1.29 is 14.3 Å². The van der Waals surface area contributed by atoms with Crippen molar-refractivity contribution in [1.82, 2.24) is 5.32 Å². The molecule has 1 aliphatic rings. The maximum atomic E-state index is 11.6. The summed E-state index contributed by atoms with van der Waals surface area (Å²) >= 11 is 1.59. The third kappa shape index (κ3) is 3.29. The molecule has 5 heteroatoms. The number of aliphatic hydroxyl groups excluding tert-OH is 1. The minimum Gasteiger partial charge on any atom is -0.457 e. The Labute approximate surface area is 121 Å². The van der Waals surface area contributed by atoms with Gasteiger partial charge in [-0.3, -0.25) is 4.79 Å². The largest absolute Gasteiger partial charge is 0.457 e. The van der Waals surface area contributed by atoms with E-state index in [1.807, 2.05) is 23.6 Å².